The Balaban J connectivity index is 2.22. The quantitative estimate of drug-likeness (QED) is 0.855. The number of rotatable bonds is 6. The average molecular weight is 294 g/mol. The summed E-state index contributed by atoms with van der Waals surface area (Å²) in [4.78, 5) is 0. The molecule has 0 spiro atoms. The van der Waals surface area contributed by atoms with E-state index in [2.05, 4.69) is 4.72 Å². The van der Waals surface area contributed by atoms with Crippen LogP contribution in [0.1, 0.15) is 30.7 Å². The normalized spacial score (nSPS) is 13.3. The molecule has 0 radical (unpaired) electrons. The monoisotopic (exact) mass is 294 g/mol. The molecule has 0 fully saturated rings. The summed E-state index contributed by atoms with van der Waals surface area (Å²) < 4.78 is 32.4. The molecule has 0 saturated heterocycles. The van der Waals surface area contributed by atoms with Crippen LogP contribution in [0.25, 0.3) is 0 Å². The molecular weight excluding hydrogens is 276 g/mol. The molecule has 108 valence electrons. The summed E-state index contributed by atoms with van der Waals surface area (Å²) in [7, 11) is -3.68. The van der Waals surface area contributed by atoms with Gasteiger partial charge < -0.3 is 10.2 Å². The Labute approximate surface area is 118 Å². The van der Waals surface area contributed by atoms with Gasteiger partial charge in [-0.1, -0.05) is 37.3 Å². The molecule has 1 unspecified atom stereocenters. The van der Waals surface area contributed by atoms with Crippen LogP contribution in [-0.4, -0.2) is 8.42 Å². The zero-order valence-electron chi connectivity index (χ0n) is 11.2. The summed E-state index contributed by atoms with van der Waals surface area (Å²) in [6.45, 7) is 2.10. The molecule has 0 aliphatic carbocycles. The maximum absolute atomic E-state index is 12.3. The number of hydrogen-bond acceptors (Lipinski definition) is 4. The molecule has 20 heavy (non-hydrogen) atoms. The Kier molecular flexibility index (Phi) is 4.59. The van der Waals surface area contributed by atoms with E-state index in [-0.39, 0.29) is 17.7 Å². The summed E-state index contributed by atoms with van der Waals surface area (Å²) in [5.41, 5.74) is 6.34. The maximum atomic E-state index is 12.3. The number of sulfonamides is 1. The summed E-state index contributed by atoms with van der Waals surface area (Å²) in [5.74, 6) is 0.443. The minimum absolute atomic E-state index is 0.104. The largest absolute Gasteiger partial charge is 0.447 e. The van der Waals surface area contributed by atoms with Crippen LogP contribution >= 0.6 is 0 Å². The lowest BCUT2D eigenvalue weighted by Gasteiger charge is -2.16. The van der Waals surface area contributed by atoms with Crippen molar-refractivity contribution in [1.29, 1.82) is 0 Å². The molecule has 0 bridgehead atoms. The van der Waals surface area contributed by atoms with E-state index in [0.717, 1.165) is 5.56 Å². The van der Waals surface area contributed by atoms with Crippen LogP contribution < -0.4 is 10.5 Å². The molecule has 0 aliphatic rings. The number of nitrogens with one attached hydrogen (secondary N) is 1. The van der Waals surface area contributed by atoms with Crippen molar-refractivity contribution in [3.8, 4) is 0 Å². The second kappa shape index (κ2) is 6.21. The number of benzene rings is 1. The van der Waals surface area contributed by atoms with Crippen LogP contribution in [-0.2, 0) is 16.6 Å². The minimum Gasteiger partial charge on any atom is -0.447 e. The molecule has 5 nitrogen and oxygen atoms in total. The highest BCUT2D eigenvalue weighted by Crippen LogP contribution is 2.21. The van der Waals surface area contributed by atoms with Crippen molar-refractivity contribution < 1.29 is 12.8 Å². The predicted octanol–water partition coefficient (Wildman–Crippen LogP) is 2.17. The van der Waals surface area contributed by atoms with Crippen molar-refractivity contribution in [1.82, 2.24) is 4.72 Å². The van der Waals surface area contributed by atoms with Crippen LogP contribution in [0.15, 0.2) is 52.0 Å². The molecule has 1 aromatic heterocycles. The van der Waals surface area contributed by atoms with Crippen molar-refractivity contribution in [2.45, 2.75) is 31.0 Å². The molecule has 2 rings (SSSR count). The highest BCUT2D eigenvalue weighted by molar-refractivity contribution is 7.89. The molecule has 1 atom stereocenters. The zero-order valence-corrected chi connectivity index (χ0v) is 12.1. The Morgan fingerprint density at radius 3 is 2.45 bits per heavy atom. The van der Waals surface area contributed by atoms with Crippen LogP contribution in [0, 0.1) is 0 Å². The summed E-state index contributed by atoms with van der Waals surface area (Å²) >= 11 is 0. The maximum Gasteiger partial charge on any atom is 0.274 e. The Hall–Kier alpha value is -1.63. The third-order valence-electron chi connectivity index (χ3n) is 3.01. The summed E-state index contributed by atoms with van der Waals surface area (Å²) in [6, 6.07) is 12.1. The lowest BCUT2D eigenvalue weighted by atomic mass is 10.1. The highest BCUT2D eigenvalue weighted by Gasteiger charge is 2.23. The number of furan rings is 1. The van der Waals surface area contributed by atoms with Gasteiger partial charge in [-0.3, -0.25) is 0 Å². The molecule has 1 heterocycles. The first kappa shape index (κ1) is 14.8. The van der Waals surface area contributed by atoms with Gasteiger partial charge in [0.15, 0.2) is 0 Å². The lowest BCUT2D eigenvalue weighted by Crippen LogP contribution is -2.28. The molecule has 1 aromatic carbocycles. The summed E-state index contributed by atoms with van der Waals surface area (Å²) in [6.07, 6.45) is 0.647. The first-order valence-electron chi connectivity index (χ1n) is 6.43. The van der Waals surface area contributed by atoms with Gasteiger partial charge >= 0.3 is 0 Å². The minimum atomic E-state index is -3.68. The van der Waals surface area contributed by atoms with E-state index < -0.39 is 10.0 Å². The van der Waals surface area contributed by atoms with Gasteiger partial charge in [-0.15, -0.1) is 0 Å². The topological polar surface area (TPSA) is 85.3 Å². The number of hydrogen-bond donors (Lipinski definition) is 2. The van der Waals surface area contributed by atoms with Gasteiger partial charge in [0.1, 0.15) is 5.76 Å². The molecule has 0 aliphatic heterocycles. The van der Waals surface area contributed by atoms with Gasteiger partial charge in [0.25, 0.3) is 10.0 Å². The molecule has 0 amide bonds. The van der Waals surface area contributed by atoms with E-state index in [1.807, 2.05) is 37.3 Å². The van der Waals surface area contributed by atoms with Crippen molar-refractivity contribution in [3.05, 3.63) is 53.8 Å². The zero-order chi connectivity index (χ0) is 14.6. The van der Waals surface area contributed by atoms with E-state index in [1.54, 1.807) is 6.07 Å². The standard InChI is InChI=1S/C14H18N2O3S/c1-2-13(11-6-4-3-5-7-11)16-20(17,18)14-9-8-12(10-15)19-14/h3-9,13,16H,2,10,15H2,1H3. The van der Waals surface area contributed by atoms with Crippen molar-refractivity contribution in [2.75, 3.05) is 0 Å². The van der Waals surface area contributed by atoms with E-state index in [0.29, 0.717) is 12.2 Å². The molecule has 6 heteroatoms. The third kappa shape index (κ3) is 3.27. The van der Waals surface area contributed by atoms with E-state index >= 15 is 0 Å². The SMILES string of the molecule is CCC(NS(=O)(=O)c1ccc(CN)o1)c1ccccc1. The fourth-order valence-electron chi connectivity index (χ4n) is 1.93. The van der Waals surface area contributed by atoms with Gasteiger partial charge in [0.05, 0.1) is 6.54 Å². The highest BCUT2D eigenvalue weighted by atomic mass is 32.2. The average Bonchev–Trinajstić information content (AvgIpc) is 2.95. The van der Waals surface area contributed by atoms with Crippen molar-refractivity contribution in [2.24, 2.45) is 5.73 Å². The molecular formula is C14H18N2O3S. The molecule has 0 saturated carbocycles. The Morgan fingerprint density at radius 2 is 1.90 bits per heavy atom. The van der Waals surface area contributed by atoms with Gasteiger partial charge in [-0.25, -0.2) is 13.1 Å². The van der Waals surface area contributed by atoms with Gasteiger partial charge in [-0.05, 0) is 24.1 Å². The smallest absolute Gasteiger partial charge is 0.274 e. The number of nitrogens with two attached hydrogens (primary N) is 1. The molecule has 3 N–H and O–H groups in total. The van der Waals surface area contributed by atoms with E-state index in [9.17, 15) is 8.42 Å². The van der Waals surface area contributed by atoms with Gasteiger partial charge in [0, 0.05) is 6.04 Å². The van der Waals surface area contributed by atoms with Gasteiger partial charge in [-0.2, -0.15) is 0 Å². The van der Waals surface area contributed by atoms with Crippen LogP contribution in [0.2, 0.25) is 0 Å². The van der Waals surface area contributed by atoms with Crippen LogP contribution in [0.4, 0.5) is 0 Å². The summed E-state index contributed by atoms with van der Waals surface area (Å²) in [5, 5.41) is -0.104. The first-order valence-corrected chi connectivity index (χ1v) is 7.91. The van der Waals surface area contributed by atoms with Crippen molar-refractivity contribution in [3.63, 3.8) is 0 Å². The third-order valence-corrected chi connectivity index (χ3v) is 4.35. The fourth-order valence-corrected chi connectivity index (χ4v) is 3.19. The second-order valence-electron chi connectivity index (χ2n) is 4.42. The lowest BCUT2D eigenvalue weighted by molar-refractivity contribution is 0.409. The van der Waals surface area contributed by atoms with E-state index in [1.165, 1.54) is 6.07 Å². The first-order chi connectivity index (χ1) is 9.56. The van der Waals surface area contributed by atoms with E-state index in [4.69, 9.17) is 10.2 Å². The Morgan fingerprint density at radius 1 is 1.20 bits per heavy atom. The Bertz CT molecular complexity index is 650. The predicted molar refractivity (Wildman–Crippen MR) is 76.4 cm³/mol. The fraction of sp³-hybridized carbons (Fsp3) is 0.286. The molecule has 2 aromatic rings. The van der Waals surface area contributed by atoms with Crippen LogP contribution in [0.3, 0.4) is 0 Å². The van der Waals surface area contributed by atoms with Gasteiger partial charge in [0.2, 0.25) is 5.09 Å². The van der Waals surface area contributed by atoms with Crippen molar-refractivity contribution >= 4 is 10.0 Å². The second-order valence-corrected chi connectivity index (χ2v) is 6.06. The van der Waals surface area contributed by atoms with Crippen LogP contribution in [0.5, 0.6) is 0 Å².